The Morgan fingerprint density at radius 3 is 2.31 bits per heavy atom. The molecule has 2 heteroatoms. The van der Waals surface area contributed by atoms with Gasteiger partial charge in [-0.3, -0.25) is 0 Å². The zero-order valence-corrected chi connectivity index (χ0v) is 10.7. The van der Waals surface area contributed by atoms with Crippen LogP contribution in [0.5, 0.6) is 0 Å². The summed E-state index contributed by atoms with van der Waals surface area (Å²) in [7, 11) is 0. The van der Waals surface area contributed by atoms with Gasteiger partial charge in [0.25, 0.3) is 0 Å². The lowest BCUT2D eigenvalue weighted by atomic mass is 9.65. The molecule has 0 aromatic carbocycles. The molecule has 3 aliphatic rings. The molecule has 2 nitrogen and oxygen atoms in total. The van der Waals surface area contributed by atoms with E-state index in [1.165, 1.54) is 38.5 Å². The molecule has 0 bridgehead atoms. The lowest BCUT2D eigenvalue weighted by molar-refractivity contribution is -0.228. The Balaban J connectivity index is 1.65. The van der Waals surface area contributed by atoms with Crippen molar-refractivity contribution in [2.75, 3.05) is 13.1 Å². The van der Waals surface area contributed by atoms with Gasteiger partial charge in [0.1, 0.15) is 0 Å². The zero-order valence-electron chi connectivity index (χ0n) is 10.7. The summed E-state index contributed by atoms with van der Waals surface area (Å²) < 4.78 is 6.58. The van der Waals surface area contributed by atoms with Gasteiger partial charge < -0.3 is 10.1 Å². The first kappa shape index (κ1) is 11.0. The van der Waals surface area contributed by atoms with Crippen LogP contribution in [0.15, 0.2) is 0 Å². The zero-order chi connectivity index (χ0) is 11.2. The third-order valence-corrected chi connectivity index (χ3v) is 5.05. The Labute approximate surface area is 99.1 Å². The molecule has 0 aromatic heterocycles. The number of hydrogen-bond donors (Lipinski definition) is 1. The van der Waals surface area contributed by atoms with Crippen LogP contribution in [0, 0.1) is 11.8 Å². The van der Waals surface area contributed by atoms with E-state index in [-0.39, 0.29) is 11.2 Å². The molecule has 0 unspecified atom stereocenters. The summed E-state index contributed by atoms with van der Waals surface area (Å²) in [6.45, 7) is 6.89. The Kier molecular flexibility index (Phi) is 2.56. The highest BCUT2D eigenvalue weighted by Gasteiger charge is 2.53. The van der Waals surface area contributed by atoms with Crippen molar-refractivity contribution in [1.82, 2.24) is 5.32 Å². The predicted molar refractivity (Wildman–Crippen MR) is 65.4 cm³/mol. The van der Waals surface area contributed by atoms with E-state index < -0.39 is 0 Å². The monoisotopic (exact) mass is 223 g/mol. The van der Waals surface area contributed by atoms with Crippen LogP contribution in [0.3, 0.4) is 0 Å². The van der Waals surface area contributed by atoms with Crippen LogP contribution >= 0.6 is 0 Å². The standard InChI is InChI=1S/C14H25NO/c1-11(2)12-7-14(8-12)10-15-9-13(16-14)5-3-4-6-13/h11-12,15H,3-10H2,1-2H3. The Morgan fingerprint density at radius 2 is 1.69 bits per heavy atom. The van der Waals surface area contributed by atoms with Gasteiger partial charge >= 0.3 is 0 Å². The summed E-state index contributed by atoms with van der Waals surface area (Å²) >= 11 is 0. The topological polar surface area (TPSA) is 21.3 Å². The predicted octanol–water partition coefficient (Wildman–Crippen LogP) is 2.72. The van der Waals surface area contributed by atoms with Crippen molar-refractivity contribution in [1.29, 1.82) is 0 Å². The highest BCUT2D eigenvalue weighted by atomic mass is 16.5. The Morgan fingerprint density at radius 1 is 1.06 bits per heavy atom. The van der Waals surface area contributed by atoms with Gasteiger partial charge in [0, 0.05) is 13.1 Å². The summed E-state index contributed by atoms with van der Waals surface area (Å²) in [6, 6.07) is 0. The van der Waals surface area contributed by atoms with E-state index >= 15 is 0 Å². The first-order chi connectivity index (χ1) is 7.63. The quantitative estimate of drug-likeness (QED) is 0.738. The maximum atomic E-state index is 6.58. The number of nitrogens with one attached hydrogen (secondary N) is 1. The van der Waals surface area contributed by atoms with Gasteiger partial charge in [-0.2, -0.15) is 0 Å². The number of rotatable bonds is 1. The van der Waals surface area contributed by atoms with E-state index in [0.29, 0.717) is 0 Å². The lowest BCUT2D eigenvalue weighted by Gasteiger charge is -2.56. The molecular weight excluding hydrogens is 198 g/mol. The van der Waals surface area contributed by atoms with E-state index in [4.69, 9.17) is 4.74 Å². The first-order valence-electron chi connectivity index (χ1n) is 7.04. The number of ether oxygens (including phenoxy) is 1. The van der Waals surface area contributed by atoms with Crippen molar-refractivity contribution in [3.8, 4) is 0 Å². The molecule has 1 heterocycles. The molecule has 0 aromatic rings. The maximum absolute atomic E-state index is 6.58. The second kappa shape index (κ2) is 3.71. The minimum Gasteiger partial charge on any atom is -0.366 e. The molecule has 3 fully saturated rings. The fourth-order valence-electron chi connectivity index (χ4n) is 3.94. The molecule has 0 radical (unpaired) electrons. The lowest BCUT2D eigenvalue weighted by Crippen LogP contribution is -2.64. The minimum absolute atomic E-state index is 0.220. The normalized spacial score (nSPS) is 41.8. The van der Waals surface area contributed by atoms with Crippen LogP contribution in [0.1, 0.15) is 52.4 Å². The minimum atomic E-state index is 0.220. The van der Waals surface area contributed by atoms with Crippen molar-refractivity contribution in [3.63, 3.8) is 0 Å². The van der Waals surface area contributed by atoms with Gasteiger partial charge in [-0.1, -0.05) is 26.7 Å². The molecule has 0 atom stereocenters. The SMILES string of the molecule is CC(C)C1CC2(CNCC3(CCCC3)O2)C1. The Bertz CT molecular complexity index is 262. The Hall–Kier alpha value is -0.0800. The van der Waals surface area contributed by atoms with E-state index in [2.05, 4.69) is 19.2 Å². The van der Waals surface area contributed by atoms with Crippen molar-refractivity contribution < 1.29 is 4.74 Å². The van der Waals surface area contributed by atoms with E-state index in [1.54, 1.807) is 0 Å². The third kappa shape index (κ3) is 1.70. The molecule has 16 heavy (non-hydrogen) atoms. The highest BCUT2D eigenvalue weighted by molar-refractivity contribution is 5.05. The van der Waals surface area contributed by atoms with Crippen molar-refractivity contribution in [2.24, 2.45) is 11.8 Å². The van der Waals surface area contributed by atoms with Crippen LogP contribution in [-0.4, -0.2) is 24.3 Å². The van der Waals surface area contributed by atoms with Gasteiger partial charge in [0.05, 0.1) is 11.2 Å². The molecule has 1 aliphatic heterocycles. The van der Waals surface area contributed by atoms with Gasteiger partial charge in [-0.05, 0) is 37.5 Å². The van der Waals surface area contributed by atoms with Crippen LogP contribution in [0.25, 0.3) is 0 Å². The highest BCUT2D eigenvalue weighted by Crippen LogP contribution is 2.50. The maximum Gasteiger partial charge on any atom is 0.0820 e. The van der Waals surface area contributed by atoms with Gasteiger partial charge in [-0.15, -0.1) is 0 Å². The largest absolute Gasteiger partial charge is 0.366 e. The molecule has 3 rings (SSSR count). The molecule has 2 saturated carbocycles. The van der Waals surface area contributed by atoms with Crippen LogP contribution < -0.4 is 5.32 Å². The van der Waals surface area contributed by atoms with Gasteiger partial charge in [0.15, 0.2) is 0 Å². The molecule has 2 spiro atoms. The molecule has 1 N–H and O–H groups in total. The molecule has 2 aliphatic carbocycles. The average Bonchev–Trinajstić information content (AvgIpc) is 2.62. The van der Waals surface area contributed by atoms with Gasteiger partial charge in [0.2, 0.25) is 0 Å². The second-order valence-electron chi connectivity index (χ2n) is 6.69. The smallest absolute Gasteiger partial charge is 0.0820 e. The molecule has 1 saturated heterocycles. The second-order valence-corrected chi connectivity index (χ2v) is 6.69. The number of morpholine rings is 1. The van der Waals surface area contributed by atoms with Gasteiger partial charge in [-0.25, -0.2) is 0 Å². The fraction of sp³-hybridized carbons (Fsp3) is 1.00. The van der Waals surface area contributed by atoms with Crippen LogP contribution in [-0.2, 0) is 4.74 Å². The summed E-state index contributed by atoms with van der Waals surface area (Å²) in [4.78, 5) is 0. The van der Waals surface area contributed by atoms with Crippen LogP contribution in [0.4, 0.5) is 0 Å². The van der Waals surface area contributed by atoms with E-state index in [9.17, 15) is 0 Å². The summed E-state index contributed by atoms with van der Waals surface area (Å²) in [5.41, 5.74) is 0.442. The molecular formula is C14H25NO. The molecule has 92 valence electrons. The van der Waals surface area contributed by atoms with Crippen molar-refractivity contribution >= 4 is 0 Å². The first-order valence-corrected chi connectivity index (χ1v) is 7.04. The summed E-state index contributed by atoms with van der Waals surface area (Å²) in [6.07, 6.45) is 7.89. The summed E-state index contributed by atoms with van der Waals surface area (Å²) in [5, 5.41) is 3.64. The van der Waals surface area contributed by atoms with Crippen molar-refractivity contribution in [3.05, 3.63) is 0 Å². The van der Waals surface area contributed by atoms with Crippen molar-refractivity contribution in [2.45, 2.75) is 63.6 Å². The summed E-state index contributed by atoms with van der Waals surface area (Å²) in [5.74, 6) is 1.73. The fourth-order valence-corrected chi connectivity index (χ4v) is 3.94. The van der Waals surface area contributed by atoms with Crippen LogP contribution in [0.2, 0.25) is 0 Å². The third-order valence-electron chi connectivity index (χ3n) is 5.05. The molecule has 0 amide bonds. The average molecular weight is 223 g/mol. The van der Waals surface area contributed by atoms with E-state index in [1.807, 2.05) is 0 Å². The van der Waals surface area contributed by atoms with E-state index in [0.717, 1.165) is 24.9 Å². The number of hydrogen-bond acceptors (Lipinski definition) is 2.